The Bertz CT molecular complexity index is 1350. The fourth-order valence-corrected chi connectivity index (χ4v) is 6.21. The van der Waals surface area contributed by atoms with Crippen molar-refractivity contribution in [3.8, 4) is 0 Å². The summed E-state index contributed by atoms with van der Waals surface area (Å²) in [6.45, 7) is 4.80. The van der Waals surface area contributed by atoms with Crippen molar-refractivity contribution in [3.63, 3.8) is 0 Å². The molecule has 11 heteroatoms. The largest absolute Gasteiger partial charge is 0.448 e. The van der Waals surface area contributed by atoms with Crippen LogP contribution >= 0.6 is 34.2 Å². The van der Waals surface area contributed by atoms with Gasteiger partial charge < -0.3 is 20.5 Å². The second kappa shape index (κ2) is 10.9. The van der Waals surface area contributed by atoms with E-state index in [1.54, 1.807) is 57.2 Å². The molecule has 0 bridgehead atoms. The lowest BCUT2D eigenvalue weighted by molar-refractivity contribution is -0.357. The first kappa shape index (κ1) is 29.6. The van der Waals surface area contributed by atoms with Crippen LogP contribution in [-0.2, 0) is 30.3 Å². The Balaban J connectivity index is 1.80. The number of carbonyl (C=O) groups is 2. The third-order valence-corrected chi connectivity index (χ3v) is 8.09. The highest BCUT2D eigenvalue weighted by Crippen LogP contribution is 2.52. The lowest BCUT2D eigenvalue weighted by Gasteiger charge is -2.39. The molecule has 0 radical (unpaired) electrons. The molecule has 1 heterocycles. The van der Waals surface area contributed by atoms with Crippen molar-refractivity contribution in [2.75, 3.05) is 6.61 Å². The van der Waals surface area contributed by atoms with Crippen LogP contribution in [-0.4, -0.2) is 30.6 Å². The topological polar surface area (TPSA) is 90.7 Å². The number of ether oxygens (including phenoxy) is 2. The van der Waals surface area contributed by atoms with Gasteiger partial charge in [-0.05, 0) is 72.2 Å². The molecule has 1 saturated heterocycles. The molecule has 4 unspecified atom stereocenters. The summed E-state index contributed by atoms with van der Waals surface area (Å²) in [5.41, 5.74) is 5.13. The quantitative estimate of drug-likeness (QED) is 0.374. The first-order valence-corrected chi connectivity index (χ1v) is 13.6. The third kappa shape index (κ3) is 5.23. The normalized spacial score (nSPS) is 26.9. The van der Waals surface area contributed by atoms with Crippen LogP contribution < -0.4 is 11.1 Å². The summed E-state index contributed by atoms with van der Waals surface area (Å²) in [7, 11) is 0. The van der Waals surface area contributed by atoms with Crippen LogP contribution in [0.4, 0.5) is 13.2 Å². The number of amides is 2. The summed E-state index contributed by atoms with van der Waals surface area (Å²) in [6.07, 6.45) is -1.06. The summed E-state index contributed by atoms with van der Waals surface area (Å²) in [4.78, 5) is 26.4. The van der Waals surface area contributed by atoms with E-state index in [0.29, 0.717) is 25.3 Å². The summed E-state index contributed by atoms with van der Waals surface area (Å²) in [5.74, 6) is -5.26. The van der Waals surface area contributed by atoms with E-state index in [0.717, 1.165) is 0 Å². The van der Waals surface area contributed by atoms with Gasteiger partial charge in [0.25, 0.3) is 5.79 Å². The van der Waals surface area contributed by atoms with Crippen LogP contribution in [0.25, 0.3) is 0 Å². The zero-order valence-corrected chi connectivity index (χ0v) is 24.2. The van der Waals surface area contributed by atoms with Gasteiger partial charge in [0, 0.05) is 20.2 Å². The van der Waals surface area contributed by atoms with Gasteiger partial charge in [0.1, 0.15) is 11.5 Å². The van der Waals surface area contributed by atoms with E-state index in [-0.39, 0.29) is 18.2 Å². The number of nitrogens with two attached hydrogens (primary N) is 1. The molecule has 3 N–H and O–H groups in total. The lowest BCUT2D eigenvalue weighted by atomic mass is 9.65. The van der Waals surface area contributed by atoms with Gasteiger partial charge in [0.2, 0.25) is 11.8 Å². The molecule has 4 atom stereocenters. The van der Waals surface area contributed by atoms with Gasteiger partial charge in [0.05, 0.1) is 12.5 Å². The Morgan fingerprint density at radius 3 is 2.41 bits per heavy atom. The van der Waals surface area contributed by atoms with Crippen LogP contribution in [0.3, 0.4) is 0 Å². The van der Waals surface area contributed by atoms with Crippen molar-refractivity contribution < 1.29 is 32.2 Å². The number of hydrogen-bond acceptors (Lipinski definition) is 4. The van der Waals surface area contributed by atoms with Crippen LogP contribution in [0, 0.1) is 12.8 Å². The van der Waals surface area contributed by atoms with E-state index in [2.05, 4.69) is 5.32 Å². The van der Waals surface area contributed by atoms with Gasteiger partial charge in [-0.2, -0.15) is 13.2 Å². The second-order valence-electron chi connectivity index (χ2n) is 9.85. The maximum absolute atomic E-state index is 14.6. The average Bonchev–Trinajstić information content (AvgIpc) is 3.30. The van der Waals surface area contributed by atoms with E-state index in [1.807, 2.05) is 22.6 Å². The average molecular weight is 675 g/mol. The molecule has 2 aliphatic rings. The van der Waals surface area contributed by atoms with Crippen LogP contribution in [0.2, 0.25) is 5.02 Å². The summed E-state index contributed by atoms with van der Waals surface area (Å²) >= 11 is 7.90. The SMILES string of the molecule is Cc1cc(C2(C(F)(F)F)OCC(c3ccc(Cl)cc3)O2)ccc1C1(C(N)=O)C=CC=C(I)C1C(=O)NC(C)C. The van der Waals surface area contributed by atoms with Crippen molar-refractivity contribution in [2.24, 2.45) is 11.7 Å². The molecule has 208 valence electrons. The summed E-state index contributed by atoms with van der Waals surface area (Å²) in [6, 6.07) is 9.96. The van der Waals surface area contributed by atoms with Crippen LogP contribution in [0.1, 0.15) is 42.2 Å². The Morgan fingerprint density at radius 2 is 1.85 bits per heavy atom. The minimum atomic E-state index is -4.92. The smallest absolute Gasteiger partial charge is 0.369 e. The minimum Gasteiger partial charge on any atom is -0.369 e. The maximum Gasteiger partial charge on any atom is 0.448 e. The molecule has 2 aromatic rings. The van der Waals surface area contributed by atoms with Gasteiger partial charge in [-0.25, -0.2) is 0 Å². The number of benzene rings is 2. The van der Waals surface area contributed by atoms with Gasteiger partial charge in [-0.3, -0.25) is 9.59 Å². The van der Waals surface area contributed by atoms with Gasteiger partial charge in [-0.15, -0.1) is 0 Å². The summed E-state index contributed by atoms with van der Waals surface area (Å²) < 4.78 is 55.2. The molecule has 0 aromatic heterocycles. The fraction of sp³-hybridized carbons (Fsp3) is 0.357. The molecule has 4 rings (SSSR count). The molecular formula is C28H27ClF3IN2O4. The highest BCUT2D eigenvalue weighted by atomic mass is 127. The van der Waals surface area contributed by atoms with E-state index < -0.39 is 41.2 Å². The van der Waals surface area contributed by atoms with Crippen molar-refractivity contribution in [1.82, 2.24) is 5.32 Å². The highest BCUT2D eigenvalue weighted by Gasteiger charge is 2.64. The highest BCUT2D eigenvalue weighted by molar-refractivity contribution is 14.1. The van der Waals surface area contributed by atoms with Crippen molar-refractivity contribution >= 4 is 46.0 Å². The molecule has 1 aliphatic heterocycles. The minimum absolute atomic E-state index is 0.210. The first-order valence-electron chi connectivity index (χ1n) is 12.1. The fourth-order valence-electron chi connectivity index (χ4n) is 5.10. The van der Waals surface area contributed by atoms with Crippen LogP contribution in [0.5, 0.6) is 0 Å². The number of hydrogen-bond donors (Lipinski definition) is 2. The zero-order valence-electron chi connectivity index (χ0n) is 21.3. The molecule has 2 amide bonds. The molecule has 0 saturated carbocycles. The van der Waals surface area contributed by atoms with E-state index in [9.17, 15) is 22.8 Å². The van der Waals surface area contributed by atoms with Crippen molar-refractivity contribution in [3.05, 3.63) is 91.5 Å². The Morgan fingerprint density at radius 1 is 1.18 bits per heavy atom. The molecule has 1 aliphatic carbocycles. The Labute approximate surface area is 242 Å². The number of aryl methyl sites for hydroxylation is 1. The number of alkyl halides is 3. The number of rotatable bonds is 6. The number of nitrogens with one attached hydrogen (secondary N) is 1. The monoisotopic (exact) mass is 674 g/mol. The number of carbonyl (C=O) groups excluding carboxylic acids is 2. The molecule has 6 nitrogen and oxygen atoms in total. The number of allylic oxidation sites excluding steroid dienone is 2. The van der Waals surface area contributed by atoms with Crippen molar-refractivity contribution in [2.45, 2.75) is 50.3 Å². The second-order valence-corrected chi connectivity index (χ2v) is 11.5. The molecule has 1 fully saturated rings. The lowest BCUT2D eigenvalue weighted by Crippen LogP contribution is -2.53. The first-order chi connectivity index (χ1) is 18.2. The Kier molecular flexibility index (Phi) is 8.24. The summed E-state index contributed by atoms with van der Waals surface area (Å²) in [5, 5.41) is 3.27. The van der Waals surface area contributed by atoms with E-state index >= 15 is 0 Å². The van der Waals surface area contributed by atoms with Crippen molar-refractivity contribution in [1.29, 1.82) is 0 Å². The molecular weight excluding hydrogens is 648 g/mol. The standard InChI is InChI=1S/C28H27ClF3IN2O4/c1-15(2)35-24(36)23-21(33)5-4-12-26(23,25(34)37)20-11-8-18(13-16(20)3)27(28(30,31)32)38-14-22(39-27)17-6-9-19(29)10-7-17/h4-13,15,22-23H,14H2,1-3H3,(H2,34,37)(H,35,36). The zero-order chi connectivity index (χ0) is 28.8. The van der Waals surface area contributed by atoms with Gasteiger partial charge >= 0.3 is 6.18 Å². The predicted octanol–water partition coefficient (Wildman–Crippen LogP) is 5.90. The van der Waals surface area contributed by atoms with E-state index in [4.69, 9.17) is 26.8 Å². The predicted molar refractivity (Wildman–Crippen MR) is 149 cm³/mol. The van der Waals surface area contributed by atoms with E-state index in [1.165, 1.54) is 24.3 Å². The molecule has 2 aromatic carbocycles. The number of primary amides is 1. The van der Waals surface area contributed by atoms with Gasteiger partial charge in [-0.1, -0.05) is 60.2 Å². The molecule has 39 heavy (non-hydrogen) atoms. The number of halogens is 5. The van der Waals surface area contributed by atoms with Gasteiger partial charge in [0.15, 0.2) is 0 Å². The Hall–Kier alpha value is -2.41. The third-order valence-electron chi connectivity index (χ3n) is 6.86. The van der Waals surface area contributed by atoms with Crippen LogP contribution in [0.15, 0.2) is 64.3 Å². The maximum atomic E-state index is 14.6. The molecule has 0 spiro atoms.